The molecule has 3 fully saturated rings. The van der Waals surface area contributed by atoms with Gasteiger partial charge in [-0.2, -0.15) is 0 Å². The van der Waals surface area contributed by atoms with E-state index in [9.17, 15) is 24.0 Å². The number of fused-ring (bicyclic) bond motifs is 2. The molecule has 3 amide bonds. The van der Waals surface area contributed by atoms with E-state index < -0.39 is 47.5 Å². The fraction of sp³-hybridized carbons (Fsp3) is 0.656. The Morgan fingerprint density at radius 2 is 1.64 bits per heavy atom. The smallest absolute Gasteiger partial charge is 0.408 e. The minimum atomic E-state index is -1.00. The van der Waals surface area contributed by atoms with Crippen LogP contribution in [0.1, 0.15) is 65.0 Å². The van der Waals surface area contributed by atoms with E-state index in [1.807, 2.05) is 24.3 Å². The quantitative estimate of drug-likeness (QED) is 0.339. The third-order valence-corrected chi connectivity index (χ3v) is 9.54. The molecule has 4 aliphatic rings. The van der Waals surface area contributed by atoms with Crippen LogP contribution in [-0.4, -0.2) is 71.9 Å². The molecule has 1 saturated heterocycles. The van der Waals surface area contributed by atoms with Gasteiger partial charge in [0.25, 0.3) is 5.78 Å². The zero-order valence-electron chi connectivity index (χ0n) is 25.4. The number of hydrogen-bond acceptors (Lipinski definition) is 7. The highest BCUT2D eigenvalue weighted by molar-refractivity contribution is 6.36. The third-order valence-electron chi connectivity index (χ3n) is 9.54. The average molecular weight is 582 g/mol. The fourth-order valence-corrected chi connectivity index (χ4v) is 7.05. The van der Waals surface area contributed by atoms with Gasteiger partial charge >= 0.3 is 12.1 Å². The van der Waals surface area contributed by atoms with Crippen LogP contribution in [0.2, 0.25) is 0 Å². The third kappa shape index (κ3) is 6.03. The first-order valence-electron chi connectivity index (χ1n) is 15.0. The number of carbonyl (C=O) groups is 5. The minimum Gasteiger partial charge on any atom is -0.463 e. The molecule has 5 atom stereocenters. The maximum Gasteiger partial charge on any atom is 0.408 e. The molecule has 3 aliphatic carbocycles. The predicted octanol–water partition coefficient (Wildman–Crippen LogP) is 2.80. The molecule has 2 saturated carbocycles. The predicted molar refractivity (Wildman–Crippen MR) is 153 cm³/mol. The first-order valence-corrected chi connectivity index (χ1v) is 15.0. The van der Waals surface area contributed by atoms with Gasteiger partial charge in [-0.1, -0.05) is 51.0 Å². The van der Waals surface area contributed by atoms with Crippen LogP contribution < -0.4 is 10.6 Å². The number of carbonyl (C=O) groups excluding carboxylic acids is 5. The van der Waals surface area contributed by atoms with E-state index in [4.69, 9.17) is 4.74 Å². The normalized spacial score (nSPS) is 25.5. The number of likely N-dealkylation sites (tertiary alicyclic amines) is 1. The number of Topliss-reactive ketones (excluding diaryl/α,β-unsaturated/α-hetero) is 1. The highest BCUT2D eigenvalue weighted by Crippen LogP contribution is 2.65. The molecular formula is C32H43N3O7. The summed E-state index contributed by atoms with van der Waals surface area (Å²) in [6.45, 7) is 9.82. The standard InChI is InChI=1S/C32H43N3O7/c1-31(2,3)42-30(40)34-24(20-14-18-9-7-8-10-19(18)15-20)28(38)35-16-21-23(32(21,4)5)25(35)27(37)33-22(13-17-11-12-17)26(36)29(39)41-6/h7-10,17,20-25H,11-16H2,1-6H3,(H,33,37)(H,34,40)/t21-,22?,23-,24+,25+/m1/s1. The summed E-state index contributed by atoms with van der Waals surface area (Å²) in [7, 11) is 1.14. The van der Waals surface area contributed by atoms with Gasteiger partial charge in [-0.05, 0) is 80.2 Å². The lowest BCUT2D eigenvalue weighted by atomic mass is 9.93. The van der Waals surface area contributed by atoms with Gasteiger partial charge in [0.2, 0.25) is 11.8 Å². The van der Waals surface area contributed by atoms with Gasteiger partial charge in [-0.25, -0.2) is 9.59 Å². The van der Waals surface area contributed by atoms with Crippen LogP contribution in [0.25, 0.3) is 0 Å². The minimum absolute atomic E-state index is 0.0980. The van der Waals surface area contributed by atoms with E-state index in [0.717, 1.165) is 31.1 Å². The topological polar surface area (TPSA) is 131 Å². The van der Waals surface area contributed by atoms with Gasteiger partial charge in [0.15, 0.2) is 0 Å². The number of rotatable bonds is 9. The molecular weight excluding hydrogens is 538 g/mol. The number of nitrogens with one attached hydrogen (secondary N) is 2. The number of alkyl carbamates (subject to hydrolysis) is 1. The van der Waals surface area contributed by atoms with Crippen LogP contribution >= 0.6 is 0 Å². The number of amides is 3. The second kappa shape index (κ2) is 11.0. The van der Waals surface area contributed by atoms with Crippen molar-refractivity contribution < 1.29 is 33.4 Å². The molecule has 10 heteroatoms. The number of esters is 1. The van der Waals surface area contributed by atoms with E-state index in [0.29, 0.717) is 25.8 Å². The second-order valence-electron chi connectivity index (χ2n) is 14.0. The number of nitrogens with zero attached hydrogens (tertiary/aromatic N) is 1. The average Bonchev–Trinajstić information content (AvgIpc) is 3.67. The van der Waals surface area contributed by atoms with E-state index in [-0.39, 0.29) is 35.0 Å². The van der Waals surface area contributed by atoms with Gasteiger partial charge in [-0.3, -0.25) is 14.4 Å². The zero-order valence-corrected chi connectivity index (χ0v) is 25.4. The highest BCUT2D eigenvalue weighted by Gasteiger charge is 2.70. The van der Waals surface area contributed by atoms with Gasteiger partial charge in [0, 0.05) is 6.54 Å². The van der Waals surface area contributed by atoms with Crippen molar-refractivity contribution in [1.29, 1.82) is 0 Å². The Morgan fingerprint density at radius 3 is 2.19 bits per heavy atom. The Kier molecular flexibility index (Phi) is 7.87. The van der Waals surface area contributed by atoms with Crippen LogP contribution in [-0.2, 0) is 41.5 Å². The van der Waals surface area contributed by atoms with Crippen LogP contribution in [0, 0.1) is 29.1 Å². The lowest BCUT2D eigenvalue weighted by Gasteiger charge is -2.35. The SMILES string of the molecule is COC(=O)C(=O)C(CC1CC1)NC(=O)[C@@H]1[C@H]2[C@@H](CN1C(=O)[C@@H](NC(=O)OC(C)(C)C)C1Cc3ccccc3C1)C2(C)C. The van der Waals surface area contributed by atoms with Gasteiger partial charge in [-0.15, -0.1) is 0 Å². The molecule has 0 radical (unpaired) electrons. The van der Waals surface area contributed by atoms with Gasteiger partial charge in [0.05, 0.1) is 13.2 Å². The molecule has 1 unspecified atom stereocenters. The summed E-state index contributed by atoms with van der Waals surface area (Å²) < 4.78 is 10.2. The molecule has 10 nitrogen and oxygen atoms in total. The first kappa shape index (κ1) is 30.0. The molecule has 1 aromatic rings. The number of hydrogen-bond donors (Lipinski definition) is 2. The summed E-state index contributed by atoms with van der Waals surface area (Å²) in [6, 6.07) is 5.26. The van der Waals surface area contributed by atoms with Gasteiger partial charge < -0.3 is 25.0 Å². The number of ketones is 1. The number of methoxy groups -OCH3 is 1. The largest absolute Gasteiger partial charge is 0.463 e. The summed E-state index contributed by atoms with van der Waals surface area (Å²) in [5.74, 6) is -2.49. The second-order valence-corrected chi connectivity index (χ2v) is 14.0. The van der Waals surface area contributed by atoms with Crippen molar-refractivity contribution in [3.63, 3.8) is 0 Å². The van der Waals surface area contributed by atoms with E-state index in [1.165, 1.54) is 0 Å². The summed E-state index contributed by atoms with van der Waals surface area (Å²) in [4.78, 5) is 67.8. The molecule has 42 heavy (non-hydrogen) atoms. The number of benzene rings is 1. The Labute approximate surface area is 247 Å². The molecule has 0 aromatic heterocycles. The van der Waals surface area contributed by atoms with Crippen LogP contribution in [0.5, 0.6) is 0 Å². The van der Waals surface area contributed by atoms with Crippen molar-refractivity contribution in [2.45, 2.75) is 90.4 Å². The van der Waals surface area contributed by atoms with Crippen molar-refractivity contribution in [2.24, 2.45) is 29.1 Å². The lowest BCUT2D eigenvalue weighted by molar-refractivity contribution is -0.153. The van der Waals surface area contributed by atoms with Crippen LogP contribution in [0.15, 0.2) is 24.3 Å². The Bertz CT molecular complexity index is 1260. The Balaban J connectivity index is 1.39. The van der Waals surface area contributed by atoms with Crippen molar-refractivity contribution in [2.75, 3.05) is 13.7 Å². The zero-order chi connectivity index (χ0) is 30.6. The molecule has 0 spiro atoms. The molecule has 5 rings (SSSR count). The molecule has 1 heterocycles. The van der Waals surface area contributed by atoms with E-state index >= 15 is 0 Å². The van der Waals surface area contributed by atoms with Crippen molar-refractivity contribution >= 4 is 29.7 Å². The molecule has 1 aromatic carbocycles. The van der Waals surface area contributed by atoms with E-state index in [2.05, 4.69) is 29.2 Å². The maximum absolute atomic E-state index is 14.4. The van der Waals surface area contributed by atoms with Crippen molar-refractivity contribution in [3.05, 3.63) is 35.4 Å². The van der Waals surface area contributed by atoms with Crippen LogP contribution in [0.3, 0.4) is 0 Å². The number of piperidine rings is 1. The molecule has 1 aliphatic heterocycles. The lowest BCUT2D eigenvalue weighted by Crippen LogP contribution is -2.59. The maximum atomic E-state index is 14.4. The highest BCUT2D eigenvalue weighted by atomic mass is 16.6. The van der Waals surface area contributed by atoms with Crippen molar-refractivity contribution in [1.82, 2.24) is 15.5 Å². The fourth-order valence-electron chi connectivity index (χ4n) is 7.05. The summed E-state index contributed by atoms with van der Waals surface area (Å²) >= 11 is 0. The Hall–Kier alpha value is -3.43. The van der Waals surface area contributed by atoms with Crippen molar-refractivity contribution in [3.8, 4) is 0 Å². The summed E-state index contributed by atoms with van der Waals surface area (Å²) in [6.07, 6.45) is 2.78. The van der Waals surface area contributed by atoms with E-state index in [1.54, 1.807) is 25.7 Å². The molecule has 228 valence electrons. The number of ether oxygens (including phenoxy) is 2. The monoisotopic (exact) mass is 581 g/mol. The first-order chi connectivity index (χ1) is 19.7. The Morgan fingerprint density at radius 1 is 1.02 bits per heavy atom. The summed E-state index contributed by atoms with van der Waals surface area (Å²) in [5.41, 5.74) is 1.36. The van der Waals surface area contributed by atoms with Crippen LogP contribution in [0.4, 0.5) is 4.79 Å². The molecule has 2 N–H and O–H groups in total. The summed E-state index contributed by atoms with van der Waals surface area (Å²) in [5, 5.41) is 5.68. The van der Waals surface area contributed by atoms with Gasteiger partial charge in [0.1, 0.15) is 17.7 Å². The molecule has 0 bridgehead atoms.